The average Bonchev–Trinajstić information content (AvgIpc) is 2.54. The molecule has 0 radical (unpaired) electrons. The fourth-order valence-corrected chi connectivity index (χ4v) is 4.81. The summed E-state index contributed by atoms with van der Waals surface area (Å²) in [6, 6.07) is 2.08. The Labute approximate surface area is 148 Å². The van der Waals surface area contributed by atoms with E-state index in [0.717, 1.165) is 48.1 Å². The van der Waals surface area contributed by atoms with Crippen molar-refractivity contribution in [3.63, 3.8) is 0 Å². The van der Waals surface area contributed by atoms with Crippen molar-refractivity contribution in [2.45, 2.75) is 45.6 Å². The highest BCUT2D eigenvalue weighted by Crippen LogP contribution is 2.24. The zero-order valence-electron chi connectivity index (χ0n) is 15.0. The number of fused-ring (bicyclic) bond motifs is 1. The Balaban J connectivity index is 1.73. The molecule has 1 aliphatic heterocycles. The molecule has 1 unspecified atom stereocenters. The van der Waals surface area contributed by atoms with Gasteiger partial charge < -0.3 is 5.32 Å². The van der Waals surface area contributed by atoms with Crippen LogP contribution in [0.2, 0.25) is 0 Å². The molecule has 7 nitrogen and oxygen atoms in total. The van der Waals surface area contributed by atoms with Crippen LogP contribution in [-0.2, 0) is 10.0 Å². The van der Waals surface area contributed by atoms with E-state index in [1.54, 1.807) is 4.31 Å². The van der Waals surface area contributed by atoms with E-state index in [0.29, 0.717) is 18.7 Å². The smallest absolute Gasteiger partial charge is 0.211 e. The number of nitrogens with zero attached hydrogens (tertiary/aromatic N) is 4. The van der Waals surface area contributed by atoms with Crippen molar-refractivity contribution in [2.75, 3.05) is 24.7 Å². The van der Waals surface area contributed by atoms with Gasteiger partial charge >= 0.3 is 0 Å². The molecule has 0 spiro atoms. The molecule has 0 aromatic carbocycles. The molecule has 1 N–H and O–H groups in total. The van der Waals surface area contributed by atoms with E-state index in [4.69, 9.17) is 0 Å². The summed E-state index contributed by atoms with van der Waals surface area (Å²) in [7, 11) is -3.15. The summed E-state index contributed by atoms with van der Waals surface area (Å²) < 4.78 is 25.6. The van der Waals surface area contributed by atoms with Gasteiger partial charge in [-0.05, 0) is 44.7 Å². The molecule has 25 heavy (non-hydrogen) atoms. The number of anilines is 1. The van der Waals surface area contributed by atoms with Crippen molar-refractivity contribution in [1.29, 1.82) is 0 Å². The topological polar surface area (TPSA) is 88.1 Å². The Bertz CT molecular complexity index is 869. The Morgan fingerprint density at radius 2 is 2.08 bits per heavy atom. The van der Waals surface area contributed by atoms with Crippen molar-refractivity contribution in [1.82, 2.24) is 19.3 Å². The van der Waals surface area contributed by atoms with E-state index >= 15 is 0 Å². The van der Waals surface area contributed by atoms with E-state index in [-0.39, 0.29) is 6.04 Å². The number of aryl methyl sites for hydroxylation is 2. The van der Waals surface area contributed by atoms with Gasteiger partial charge in [0, 0.05) is 24.8 Å². The molecule has 0 amide bonds. The molecule has 8 heteroatoms. The Kier molecular flexibility index (Phi) is 5.19. The summed E-state index contributed by atoms with van der Waals surface area (Å²) in [6.07, 6.45) is 6.51. The van der Waals surface area contributed by atoms with Crippen LogP contribution in [0, 0.1) is 13.8 Å². The Morgan fingerprint density at radius 1 is 1.28 bits per heavy atom. The number of piperidine rings is 1. The van der Waals surface area contributed by atoms with Crippen LogP contribution in [0.4, 0.5) is 5.82 Å². The van der Waals surface area contributed by atoms with Gasteiger partial charge in [0.25, 0.3) is 0 Å². The molecule has 2 aromatic rings. The van der Waals surface area contributed by atoms with Gasteiger partial charge in [0.15, 0.2) is 5.65 Å². The molecule has 3 heterocycles. The minimum absolute atomic E-state index is 0.0609. The zero-order valence-corrected chi connectivity index (χ0v) is 15.8. The first-order valence-corrected chi connectivity index (χ1v) is 10.5. The molecule has 1 aliphatic rings. The second-order valence-corrected chi connectivity index (χ2v) is 8.68. The van der Waals surface area contributed by atoms with E-state index in [1.807, 2.05) is 19.9 Å². The maximum atomic E-state index is 12.0. The van der Waals surface area contributed by atoms with Gasteiger partial charge in [0.05, 0.1) is 11.6 Å². The normalized spacial score (nSPS) is 19.2. The van der Waals surface area contributed by atoms with Crippen LogP contribution < -0.4 is 5.32 Å². The number of nitrogens with one attached hydrogen (secondary N) is 1. The first-order valence-electron chi connectivity index (χ1n) is 8.66. The standard InChI is InChI=1S/C17H25N5O2S/c1-12-10-13(2)21-17-15(12)16(19-11-20-17)18-8-7-14-6-4-5-9-22(14)25(3,23)24/h10-11,14H,4-9H2,1-3H3,(H,18,19,20,21). The Morgan fingerprint density at radius 3 is 2.84 bits per heavy atom. The average molecular weight is 363 g/mol. The van der Waals surface area contributed by atoms with Crippen molar-refractivity contribution in [3.05, 3.63) is 23.7 Å². The molecule has 1 fully saturated rings. The lowest BCUT2D eigenvalue weighted by Gasteiger charge is -2.33. The Hall–Kier alpha value is -1.80. The van der Waals surface area contributed by atoms with Gasteiger partial charge in [0.1, 0.15) is 12.1 Å². The lowest BCUT2D eigenvalue weighted by Crippen LogP contribution is -2.43. The van der Waals surface area contributed by atoms with Gasteiger partial charge in [-0.3, -0.25) is 0 Å². The van der Waals surface area contributed by atoms with Crippen LogP contribution in [0.1, 0.15) is 36.9 Å². The van der Waals surface area contributed by atoms with E-state index in [9.17, 15) is 8.42 Å². The molecule has 1 atom stereocenters. The van der Waals surface area contributed by atoms with Crippen LogP contribution >= 0.6 is 0 Å². The van der Waals surface area contributed by atoms with Gasteiger partial charge in [-0.1, -0.05) is 6.42 Å². The third kappa shape index (κ3) is 4.07. The highest BCUT2D eigenvalue weighted by atomic mass is 32.2. The monoisotopic (exact) mass is 363 g/mol. The molecule has 1 saturated heterocycles. The molecule has 0 aliphatic carbocycles. The van der Waals surface area contributed by atoms with E-state index < -0.39 is 10.0 Å². The summed E-state index contributed by atoms with van der Waals surface area (Å²) >= 11 is 0. The second-order valence-electron chi connectivity index (χ2n) is 6.74. The first kappa shape index (κ1) is 18.0. The summed E-state index contributed by atoms with van der Waals surface area (Å²) in [6.45, 7) is 5.26. The fraction of sp³-hybridized carbons (Fsp3) is 0.588. The number of hydrogen-bond donors (Lipinski definition) is 1. The number of hydrogen-bond acceptors (Lipinski definition) is 6. The predicted molar refractivity (Wildman–Crippen MR) is 99.1 cm³/mol. The van der Waals surface area contributed by atoms with Gasteiger partial charge in [-0.15, -0.1) is 0 Å². The summed E-state index contributed by atoms with van der Waals surface area (Å²) in [5, 5.41) is 4.28. The molecular formula is C17H25N5O2S. The second kappa shape index (κ2) is 7.21. The quantitative estimate of drug-likeness (QED) is 0.877. The van der Waals surface area contributed by atoms with Crippen LogP contribution in [0.25, 0.3) is 11.0 Å². The van der Waals surface area contributed by atoms with Gasteiger partial charge in [-0.25, -0.2) is 23.4 Å². The molecule has 2 aromatic heterocycles. The lowest BCUT2D eigenvalue weighted by atomic mass is 10.0. The van der Waals surface area contributed by atoms with Crippen molar-refractivity contribution in [2.24, 2.45) is 0 Å². The van der Waals surface area contributed by atoms with Crippen LogP contribution in [-0.4, -0.2) is 53.1 Å². The zero-order chi connectivity index (χ0) is 18.0. The number of pyridine rings is 1. The minimum Gasteiger partial charge on any atom is -0.369 e. The number of rotatable bonds is 5. The minimum atomic E-state index is -3.15. The van der Waals surface area contributed by atoms with Crippen molar-refractivity contribution in [3.8, 4) is 0 Å². The molecule has 3 rings (SSSR count). The molecule has 136 valence electrons. The number of sulfonamides is 1. The third-order valence-electron chi connectivity index (χ3n) is 4.70. The maximum absolute atomic E-state index is 12.0. The van der Waals surface area contributed by atoms with Gasteiger partial charge in [-0.2, -0.15) is 4.31 Å². The highest BCUT2D eigenvalue weighted by molar-refractivity contribution is 7.88. The van der Waals surface area contributed by atoms with Crippen molar-refractivity contribution < 1.29 is 8.42 Å². The summed E-state index contributed by atoms with van der Waals surface area (Å²) in [4.78, 5) is 13.1. The maximum Gasteiger partial charge on any atom is 0.211 e. The van der Waals surface area contributed by atoms with Crippen LogP contribution in [0.5, 0.6) is 0 Å². The summed E-state index contributed by atoms with van der Waals surface area (Å²) in [5.41, 5.74) is 2.70. The van der Waals surface area contributed by atoms with Crippen LogP contribution in [0.15, 0.2) is 12.4 Å². The SMILES string of the molecule is Cc1cc(C)c2c(NCCC3CCCCN3S(C)(=O)=O)ncnc2n1. The number of aromatic nitrogens is 3. The first-order chi connectivity index (χ1) is 11.9. The highest BCUT2D eigenvalue weighted by Gasteiger charge is 2.28. The largest absolute Gasteiger partial charge is 0.369 e. The molecule has 0 saturated carbocycles. The van der Waals surface area contributed by atoms with Gasteiger partial charge in [0.2, 0.25) is 10.0 Å². The lowest BCUT2D eigenvalue weighted by molar-refractivity contribution is 0.246. The third-order valence-corrected chi connectivity index (χ3v) is 6.03. The summed E-state index contributed by atoms with van der Waals surface area (Å²) in [5.74, 6) is 0.761. The van der Waals surface area contributed by atoms with E-state index in [1.165, 1.54) is 12.6 Å². The molecular weight excluding hydrogens is 338 g/mol. The fourth-order valence-electron chi connectivity index (χ4n) is 3.60. The predicted octanol–water partition coefficient (Wildman–Crippen LogP) is 2.26. The van der Waals surface area contributed by atoms with Crippen LogP contribution in [0.3, 0.4) is 0 Å². The van der Waals surface area contributed by atoms with Crippen molar-refractivity contribution >= 4 is 26.9 Å². The van der Waals surface area contributed by atoms with E-state index in [2.05, 4.69) is 20.3 Å². The molecule has 0 bridgehead atoms.